The van der Waals surface area contributed by atoms with Gasteiger partial charge in [0.1, 0.15) is 5.69 Å². The average molecular weight is 263 g/mol. The van der Waals surface area contributed by atoms with E-state index in [2.05, 4.69) is 10.3 Å². The first-order valence-electron chi connectivity index (χ1n) is 6.73. The van der Waals surface area contributed by atoms with Gasteiger partial charge in [0.15, 0.2) is 0 Å². The SMILES string of the molecule is CCNc1ccnc(C(=O)N2CCCC(C)(O)C2)c1. The molecule has 0 aliphatic carbocycles. The van der Waals surface area contributed by atoms with E-state index in [0.29, 0.717) is 18.8 Å². The maximum atomic E-state index is 12.4. The minimum Gasteiger partial charge on any atom is -0.388 e. The predicted molar refractivity (Wildman–Crippen MR) is 74.2 cm³/mol. The van der Waals surface area contributed by atoms with Crippen LogP contribution >= 0.6 is 0 Å². The maximum Gasteiger partial charge on any atom is 0.272 e. The Morgan fingerprint density at radius 1 is 1.63 bits per heavy atom. The van der Waals surface area contributed by atoms with Crippen LogP contribution in [0.5, 0.6) is 0 Å². The quantitative estimate of drug-likeness (QED) is 0.867. The van der Waals surface area contributed by atoms with Gasteiger partial charge >= 0.3 is 0 Å². The minimum absolute atomic E-state index is 0.111. The fourth-order valence-electron chi connectivity index (χ4n) is 2.42. The second-order valence-corrected chi connectivity index (χ2v) is 5.29. The number of nitrogens with one attached hydrogen (secondary N) is 1. The van der Waals surface area contributed by atoms with E-state index in [4.69, 9.17) is 0 Å². The van der Waals surface area contributed by atoms with E-state index in [9.17, 15) is 9.90 Å². The molecule has 1 aliphatic heterocycles. The van der Waals surface area contributed by atoms with Gasteiger partial charge in [-0.3, -0.25) is 9.78 Å². The van der Waals surface area contributed by atoms with Crippen molar-refractivity contribution < 1.29 is 9.90 Å². The van der Waals surface area contributed by atoms with E-state index >= 15 is 0 Å². The molecule has 1 amide bonds. The van der Waals surface area contributed by atoms with Crippen LogP contribution in [0.1, 0.15) is 37.2 Å². The van der Waals surface area contributed by atoms with Gasteiger partial charge in [-0.25, -0.2) is 0 Å². The summed E-state index contributed by atoms with van der Waals surface area (Å²) >= 11 is 0. The number of pyridine rings is 1. The summed E-state index contributed by atoms with van der Waals surface area (Å²) in [4.78, 5) is 18.2. The van der Waals surface area contributed by atoms with Gasteiger partial charge in [-0.15, -0.1) is 0 Å². The van der Waals surface area contributed by atoms with Crippen LogP contribution in [0.4, 0.5) is 5.69 Å². The highest BCUT2D eigenvalue weighted by molar-refractivity contribution is 5.93. The number of likely N-dealkylation sites (tertiary alicyclic amines) is 1. The second-order valence-electron chi connectivity index (χ2n) is 5.29. The Bertz CT molecular complexity index is 460. The average Bonchev–Trinajstić information content (AvgIpc) is 2.37. The van der Waals surface area contributed by atoms with Crippen molar-refractivity contribution in [2.45, 2.75) is 32.3 Å². The van der Waals surface area contributed by atoms with Gasteiger partial charge in [0, 0.05) is 31.5 Å². The molecule has 1 aromatic heterocycles. The van der Waals surface area contributed by atoms with E-state index in [0.717, 1.165) is 25.1 Å². The van der Waals surface area contributed by atoms with Crippen molar-refractivity contribution in [1.82, 2.24) is 9.88 Å². The monoisotopic (exact) mass is 263 g/mol. The Morgan fingerprint density at radius 3 is 3.11 bits per heavy atom. The first-order valence-corrected chi connectivity index (χ1v) is 6.73. The molecule has 1 unspecified atom stereocenters. The molecule has 2 N–H and O–H groups in total. The Hall–Kier alpha value is -1.62. The zero-order chi connectivity index (χ0) is 13.9. The van der Waals surface area contributed by atoms with Crippen molar-refractivity contribution in [2.75, 3.05) is 25.0 Å². The van der Waals surface area contributed by atoms with Gasteiger partial charge < -0.3 is 15.3 Å². The molecule has 19 heavy (non-hydrogen) atoms. The predicted octanol–water partition coefficient (Wildman–Crippen LogP) is 1.50. The number of nitrogens with zero attached hydrogens (tertiary/aromatic N) is 2. The number of β-amino-alcohol motifs (C(OH)–C–C–N with tert-alkyl or cyclic N) is 1. The zero-order valence-electron chi connectivity index (χ0n) is 11.5. The molecular weight excluding hydrogens is 242 g/mol. The molecule has 0 bridgehead atoms. The molecule has 1 saturated heterocycles. The van der Waals surface area contributed by atoms with E-state index in [1.54, 1.807) is 24.1 Å². The molecule has 0 spiro atoms. The summed E-state index contributed by atoms with van der Waals surface area (Å²) < 4.78 is 0. The Labute approximate surface area is 113 Å². The van der Waals surface area contributed by atoms with Crippen LogP contribution in [-0.4, -0.2) is 46.1 Å². The molecule has 1 fully saturated rings. The van der Waals surface area contributed by atoms with Crippen molar-refractivity contribution in [3.63, 3.8) is 0 Å². The lowest BCUT2D eigenvalue weighted by molar-refractivity contribution is -0.0109. The number of rotatable bonds is 3. The normalized spacial score (nSPS) is 23.2. The number of piperidine rings is 1. The maximum absolute atomic E-state index is 12.4. The number of hydrogen-bond acceptors (Lipinski definition) is 4. The number of anilines is 1. The summed E-state index contributed by atoms with van der Waals surface area (Å²) in [5.74, 6) is -0.111. The molecular formula is C14H21N3O2. The smallest absolute Gasteiger partial charge is 0.272 e. The summed E-state index contributed by atoms with van der Waals surface area (Å²) in [5.41, 5.74) is 0.536. The largest absolute Gasteiger partial charge is 0.388 e. The number of hydrogen-bond donors (Lipinski definition) is 2. The second kappa shape index (κ2) is 5.57. The summed E-state index contributed by atoms with van der Waals surface area (Å²) in [6.07, 6.45) is 3.20. The molecule has 5 nitrogen and oxygen atoms in total. The van der Waals surface area contributed by atoms with Crippen molar-refractivity contribution >= 4 is 11.6 Å². The van der Waals surface area contributed by atoms with E-state index in [1.165, 1.54) is 0 Å². The van der Waals surface area contributed by atoms with Crippen LogP contribution in [0.15, 0.2) is 18.3 Å². The van der Waals surface area contributed by atoms with Crippen LogP contribution in [0.25, 0.3) is 0 Å². The number of amides is 1. The summed E-state index contributed by atoms with van der Waals surface area (Å²) in [5, 5.41) is 13.2. The lowest BCUT2D eigenvalue weighted by atomic mass is 9.95. The van der Waals surface area contributed by atoms with Crippen molar-refractivity contribution in [3.8, 4) is 0 Å². The van der Waals surface area contributed by atoms with E-state index < -0.39 is 5.60 Å². The number of aromatic nitrogens is 1. The van der Waals surface area contributed by atoms with Crippen molar-refractivity contribution in [3.05, 3.63) is 24.0 Å². The number of carbonyl (C=O) groups is 1. The minimum atomic E-state index is -0.785. The highest BCUT2D eigenvalue weighted by Crippen LogP contribution is 2.22. The van der Waals surface area contributed by atoms with Crippen LogP contribution in [-0.2, 0) is 0 Å². The molecule has 1 aliphatic rings. The summed E-state index contributed by atoms with van der Waals surface area (Å²) in [7, 11) is 0. The van der Waals surface area contributed by atoms with Crippen LogP contribution in [0, 0.1) is 0 Å². The van der Waals surface area contributed by atoms with Gasteiger partial charge in [0.25, 0.3) is 5.91 Å². The topological polar surface area (TPSA) is 65.5 Å². The third-order valence-electron chi connectivity index (χ3n) is 3.32. The van der Waals surface area contributed by atoms with Crippen LogP contribution in [0.3, 0.4) is 0 Å². The Morgan fingerprint density at radius 2 is 2.42 bits per heavy atom. The van der Waals surface area contributed by atoms with Gasteiger partial charge in [-0.05, 0) is 38.8 Å². The molecule has 104 valence electrons. The van der Waals surface area contributed by atoms with Gasteiger partial charge in [-0.1, -0.05) is 0 Å². The molecule has 1 aromatic rings. The van der Waals surface area contributed by atoms with Crippen LogP contribution < -0.4 is 5.32 Å². The van der Waals surface area contributed by atoms with Gasteiger partial charge in [0.05, 0.1) is 5.60 Å². The lowest BCUT2D eigenvalue weighted by Crippen LogP contribution is -2.48. The van der Waals surface area contributed by atoms with E-state index in [-0.39, 0.29) is 5.91 Å². The highest BCUT2D eigenvalue weighted by atomic mass is 16.3. The summed E-state index contributed by atoms with van der Waals surface area (Å²) in [6.45, 7) is 5.63. The molecule has 2 heterocycles. The lowest BCUT2D eigenvalue weighted by Gasteiger charge is -2.36. The molecule has 0 aromatic carbocycles. The first kappa shape index (κ1) is 13.8. The summed E-state index contributed by atoms with van der Waals surface area (Å²) in [6, 6.07) is 3.60. The fourth-order valence-corrected chi connectivity index (χ4v) is 2.42. The molecule has 5 heteroatoms. The molecule has 0 radical (unpaired) electrons. The molecule has 1 atom stereocenters. The molecule has 2 rings (SSSR count). The Kier molecular flexibility index (Phi) is 4.04. The van der Waals surface area contributed by atoms with Crippen LogP contribution in [0.2, 0.25) is 0 Å². The number of aliphatic hydroxyl groups is 1. The third kappa shape index (κ3) is 3.44. The first-order chi connectivity index (χ1) is 9.02. The zero-order valence-corrected chi connectivity index (χ0v) is 11.5. The standard InChI is InChI=1S/C14H21N3O2/c1-3-15-11-5-7-16-12(9-11)13(18)17-8-4-6-14(2,19)10-17/h5,7,9,19H,3-4,6,8,10H2,1-2H3,(H,15,16). The van der Waals surface area contributed by atoms with Gasteiger partial charge in [-0.2, -0.15) is 0 Å². The number of carbonyl (C=O) groups excluding carboxylic acids is 1. The van der Waals surface area contributed by atoms with Crippen molar-refractivity contribution in [2.24, 2.45) is 0 Å². The molecule has 0 saturated carbocycles. The van der Waals surface area contributed by atoms with E-state index in [1.807, 2.05) is 13.0 Å². The fraction of sp³-hybridized carbons (Fsp3) is 0.571. The highest BCUT2D eigenvalue weighted by Gasteiger charge is 2.31. The van der Waals surface area contributed by atoms with Crippen molar-refractivity contribution in [1.29, 1.82) is 0 Å². The third-order valence-corrected chi connectivity index (χ3v) is 3.32. The Balaban J connectivity index is 2.12. The van der Waals surface area contributed by atoms with Gasteiger partial charge in [0.2, 0.25) is 0 Å².